The fourth-order valence-electron chi connectivity index (χ4n) is 1.85. The van der Waals surface area contributed by atoms with Crippen molar-refractivity contribution in [1.82, 2.24) is 5.32 Å². The summed E-state index contributed by atoms with van der Waals surface area (Å²) in [6.45, 7) is 1.96. The van der Waals surface area contributed by atoms with Gasteiger partial charge in [-0.1, -0.05) is 19.4 Å². The van der Waals surface area contributed by atoms with Crippen LogP contribution in [0.3, 0.4) is 0 Å². The molecule has 0 unspecified atom stereocenters. The summed E-state index contributed by atoms with van der Waals surface area (Å²) in [5.74, 6) is -1.58. The molecule has 122 valence electrons. The number of alkyl carbamates (subject to hydrolysis) is 1. The molecule has 1 aromatic carbocycles. The lowest BCUT2D eigenvalue weighted by Crippen LogP contribution is -2.39. The van der Waals surface area contributed by atoms with Gasteiger partial charge in [-0.05, 0) is 30.5 Å². The Hall–Kier alpha value is -2.15. The van der Waals surface area contributed by atoms with Crippen molar-refractivity contribution in [3.8, 4) is 0 Å². The third-order valence-electron chi connectivity index (χ3n) is 3.05. The van der Waals surface area contributed by atoms with E-state index in [0.29, 0.717) is 12.2 Å². The highest BCUT2D eigenvalue weighted by Crippen LogP contribution is 2.12. The van der Waals surface area contributed by atoms with Crippen LogP contribution in [0.15, 0.2) is 18.2 Å². The molecule has 2 amide bonds. The number of halogens is 1. The predicted molar refractivity (Wildman–Crippen MR) is 78.9 cm³/mol. The van der Waals surface area contributed by atoms with E-state index in [4.69, 9.17) is 10.5 Å². The van der Waals surface area contributed by atoms with Gasteiger partial charge in [-0.15, -0.1) is 0 Å². The highest BCUT2D eigenvalue weighted by Gasteiger charge is 2.15. The van der Waals surface area contributed by atoms with Gasteiger partial charge in [-0.25, -0.2) is 9.18 Å². The van der Waals surface area contributed by atoms with Gasteiger partial charge >= 0.3 is 6.09 Å². The summed E-state index contributed by atoms with van der Waals surface area (Å²) in [5.41, 5.74) is 5.35. The van der Waals surface area contributed by atoms with Gasteiger partial charge in [0.1, 0.15) is 5.82 Å². The molecule has 0 saturated heterocycles. The van der Waals surface area contributed by atoms with E-state index in [-0.39, 0.29) is 18.6 Å². The molecule has 0 radical (unpaired) electrons. The second kappa shape index (κ2) is 8.99. The van der Waals surface area contributed by atoms with Crippen molar-refractivity contribution < 1.29 is 23.8 Å². The number of aliphatic hydroxyl groups excluding tert-OH is 1. The van der Waals surface area contributed by atoms with Gasteiger partial charge in [0.05, 0.1) is 24.8 Å². The molecule has 0 aliphatic rings. The molecular formula is C15H21FN2O4. The normalized spacial score (nSPS) is 11.8. The molecule has 7 heteroatoms. The molecule has 0 aromatic heterocycles. The van der Waals surface area contributed by atoms with Crippen molar-refractivity contribution in [2.45, 2.75) is 32.2 Å². The number of nitrogens with one attached hydrogen (secondary N) is 1. The first-order valence-electron chi connectivity index (χ1n) is 7.10. The molecule has 0 heterocycles. The smallest absolute Gasteiger partial charge is 0.407 e. The lowest BCUT2D eigenvalue weighted by Gasteiger charge is -2.16. The number of carbonyl (C=O) groups is 2. The topological polar surface area (TPSA) is 102 Å². The van der Waals surface area contributed by atoms with Crippen LogP contribution in [0.2, 0.25) is 0 Å². The molecule has 0 spiro atoms. The summed E-state index contributed by atoms with van der Waals surface area (Å²) in [6, 6.07) is 3.36. The molecule has 1 atom stereocenters. The molecular weight excluding hydrogens is 291 g/mol. The number of amides is 2. The number of hydrogen-bond acceptors (Lipinski definition) is 4. The van der Waals surface area contributed by atoms with Crippen LogP contribution < -0.4 is 11.1 Å². The monoisotopic (exact) mass is 312 g/mol. The predicted octanol–water partition coefficient (Wildman–Crippen LogP) is 1.35. The maximum absolute atomic E-state index is 13.6. The lowest BCUT2D eigenvalue weighted by molar-refractivity contribution is 0.0996. The van der Waals surface area contributed by atoms with Crippen LogP contribution >= 0.6 is 0 Å². The van der Waals surface area contributed by atoms with E-state index in [1.165, 1.54) is 12.1 Å². The number of aliphatic hydroxyl groups is 1. The van der Waals surface area contributed by atoms with Gasteiger partial charge < -0.3 is 20.9 Å². The number of primary amides is 1. The van der Waals surface area contributed by atoms with E-state index in [9.17, 15) is 19.1 Å². The van der Waals surface area contributed by atoms with Crippen LogP contribution in [-0.4, -0.2) is 36.4 Å². The molecule has 22 heavy (non-hydrogen) atoms. The van der Waals surface area contributed by atoms with Gasteiger partial charge in [-0.2, -0.15) is 0 Å². The van der Waals surface area contributed by atoms with Crippen molar-refractivity contribution >= 4 is 12.0 Å². The Kier molecular flexibility index (Phi) is 7.31. The second-order valence-corrected chi connectivity index (χ2v) is 4.90. The highest BCUT2D eigenvalue weighted by molar-refractivity contribution is 5.93. The van der Waals surface area contributed by atoms with Gasteiger partial charge in [0.2, 0.25) is 0 Å². The van der Waals surface area contributed by atoms with Crippen molar-refractivity contribution in [1.29, 1.82) is 0 Å². The maximum atomic E-state index is 13.6. The average Bonchev–Trinajstić information content (AvgIpc) is 2.46. The fraction of sp³-hybridized carbons (Fsp3) is 0.467. The van der Waals surface area contributed by atoms with Gasteiger partial charge in [0, 0.05) is 0 Å². The lowest BCUT2D eigenvalue weighted by atomic mass is 10.0. The fourth-order valence-corrected chi connectivity index (χ4v) is 1.85. The molecule has 0 aliphatic carbocycles. The zero-order valence-electron chi connectivity index (χ0n) is 12.5. The van der Waals surface area contributed by atoms with E-state index in [0.717, 1.165) is 18.9 Å². The van der Waals surface area contributed by atoms with Crippen molar-refractivity contribution in [3.63, 3.8) is 0 Å². The number of benzene rings is 1. The Balaban J connectivity index is 2.60. The number of carbonyl (C=O) groups excluding carboxylic acids is 2. The molecule has 0 aliphatic heterocycles. The van der Waals surface area contributed by atoms with E-state index in [1.54, 1.807) is 0 Å². The third kappa shape index (κ3) is 5.69. The molecule has 1 aromatic rings. The van der Waals surface area contributed by atoms with Crippen LogP contribution in [0.5, 0.6) is 0 Å². The summed E-state index contributed by atoms with van der Waals surface area (Å²) in [7, 11) is 0. The quantitative estimate of drug-likeness (QED) is 0.631. The Morgan fingerprint density at radius 2 is 2.18 bits per heavy atom. The average molecular weight is 312 g/mol. The van der Waals surface area contributed by atoms with Gasteiger partial charge in [-0.3, -0.25) is 4.79 Å². The van der Waals surface area contributed by atoms with E-state index >= 15 is 0 Å². The first-order chi connectivity index (χ1) is 10.5. The summed E-state index contributed by atoms with van der Waals surface area (Å²) < 4.78 is 18.6. The SMILES string of the molecule is CCCCOC(=O)N[C@H](CO)Cc1ccc(C(N)=O)c(F)c1. The van der Waals surface area contributed by atoms with Crippen LogP contribution in [0.4, 0.5) is 9.18 Å². The minimum Gasteiger partial charge on any atom is -0.450 e. The molecule has 0 saturated carbocycles. The number of unbranched alkanes of at least 4 members (excludes halogenated alkanes) is 1. The summed E-state index contributed by atoms with van der Waals surface area (Å²) in [4.78, 5) is 22.5. The molecule has 0 fully saturated rings. The first kappa shape index (κ1) is 17.9. The Labute approximate surface area is 128 Å². The van der Waals surface area contributed by atoms with Crippen LogP contribution in [0, 0.1) is 5.82 Å². The number of hydrogen-bond donors (Lipinski definition) is 3. The minimum atomic E-state index is -0.847. The number of rotatable bonds is 8. The third-order valence-corrected chi connectivity index (χ3v) is 3.05. The van der Waals surface area contributed by atoms with Crippen LogP contribution in [-0.2, 0) is 11.2 Å². The molecule has 6 nitrogen and oxygen atoms in total. The minimum absolute atomic E-state index is 0.198. The van der Waals surface area contributed by atoms with Crippen molar-refractivity contribution in [2.24, 2.45) is 5.73 Å². The maximum Gasteiger partial charge on any atom is 0.407 e. The molecule has 0 bridgehead atoms. The summed E-state index contributed by atoms with van der Waals surface area (Å²) >= 11 is 0. The largest absolute Gasteiger partial charge is 0.450 e. The van der Waals surface area contributed by atoms with Crippen molar-refractivity contribution in [2.75, 3.05) is 13.2 Å². The standard InChI is InChI=1S/C15H21FN2O4/c1-2-3-6-22-15(21)18-11(9-19)7-10-4-5-12(14(17)20)13(16)8-10/h4-5,8,11,19H,2-3,6-7,9H2,1H3,(H2,17,20)(H,18,21)/t11-/m0/s1. The first-order valence-corrected chi connectivity index (χ1v) is 7.10. The zero-order valence-corrected chi connectivity index (χ0v) is 12.5. The van der Waals surface area contributed by atoms with Crippen LogP contribution in [0.1, 0.15) is 35.7 Å². The van der Waals surface area contributed by atoms with Crippen LogP contribution in [0.25, 0.3) is 0 Å². The second-order valence-electron chi connectivity index (χ2n) is 4.90. The Morgan fingerprint density at radius 1 is 1.45 bits per heavy atom. The van der Waals surface area contributed by atoms with E-state index < -0.39 is 23.9 Å². The molecule has 4 N–H and O–H groups in total. The Morgan fingerprint density at radius 3 is 2.73 bits per heavy atom. The highest BCUT2D eigenvalue weighted by atomic mass is 19.1. The van der Waals surface area contributed by atoms with Gasteiger partial charge in [0.25, 0.3) is 5.91 Å². The Bertz CT molecular complexity index is 522. The van der Waals surface area contributed by atoms with E-state index in [2.05, 4.69) is 5.32 Å². The van der Waals surface area contributed by atoms with Crippen molar-refractivity contribution in [3.05, 3.63) is 35.1 Å². The van der Waals surface area contributed by atoms with Gasteiger partial charge in [0.15, 0.2) is 0 Å². The number of ether oxygens (including phenoxy) is 1. The summed E-state index contributed by atoms with van der Waals surface area (Å²) in [6.07, 6.45) is 1.25. The molecule has 1 rings (SSSR count). The number of nitrogens with two attached hydrogens (primary N) is 1. The van der Waals surface area contributed by atoms with E-state index in [1.807, 2.05) is 6.92 Å². The zero-order chi connectivity index (χ0) is 16.5. The summed E-state index contributed by atoms with van der Waals surface area (Å²) in [5, 5.41) is 11.8.